The highest BCUT2D eigenvalue weighted by Crippen LogP contribution is 2.12. The number of benzene rings is 2. The third-order valence-electron chi connectivity index (χ3n) is 5.87. The second-order valence-electron chi connectivity index (χ2n) is 8.96. The minimum absolute atomic E-state index is 0.172. The second-order valence-corrected chi connectivity index (χ2v) is 8.96. The van der Waals surface area contributed by atoms with Crippen LogP contribution >= 0.6 is 0 Å². The predicted molar refractivity (Wildman–Crippen MR) is 141 cm³/mol. The minimum Gasteiger partial charge on any atom is -0.508 e. The lowest BCUT2D eigenvalue weighted by molar-refractivity contribution is -0.128. The van der Waals surface area contributed by atoms with Gasteiger partial charge in [-0.05, 0) is 62.2 Å². The van der Waals surface area contributed by atoms with E-state index in [0.717, 1.165) is 56.4 Å². The Kier molecular flexibility index (Phi) is 14.2. The Bertz CT molecular complexity index is 843. The van der Waals surface area contributed by atoms with Crippen LogP contribution in [0.4, 0.5) is 0 Å². The fraction of sp³-hybridized carbons (Fsp3) is 0.500. The molecule has 35 heavy (non-hydrogen) atoms. The van der Waals surface area contributed by atoms with Gasteiger partial charge in [0, 0.05) is 13.0 Å². The molecule has 0 bridgehead atoms. The highest BCUT2D eigenvalue weighted by Gasteiger charge is 2.21. The van der Waals surface area contributed by atoms with Crippen molar-refractivity contribution in [3.8, 4) is 5.75 Å². The molecule has 2 rings (SSSR count). The molecule has 0 aliphatic heterocycles. The molecule has 2 aromatic rings. The molecule has 0 saturated heterocycles. The number of carbonyl (C=O) groups excluding carboxylic acids is 2. The lowest BCUT2D eigenvalue weighted by Crippen LogP contribution is -2.48. The zero-order chi connectivity index (χ0) is 25.1. The topological polar surface area (TPSA) is 116 Å². The summed E-state index contributed by atoms with van der Waals surface area (Å²) in [4.78, 5) is 25.5. The van der Waals surface area contributed by atoms with E-state index in [1.165, 1.54) is 19.3 Å². The summed E-state index contributed by atoms with van der Waals surface area (Å²) in [6.07, 6.45) is 8.36. The third-order valence-corrected chi connectivity index (χ3v) is 5.87. The van der Waals surface area contributed by atoms with E-state index in [-0.39, 0.29) is 24.0 Å². The summed E-state index contributed by atoms with van der Waals surface area (Å²) in [5.74, 6) is -0.193. The maximum absolute atomic E-state index is 12.9. The van der Waals surface area contributed by atoms with Crippen LogP contribution in [0.3, 0.4) is 0 Å². The molecule has 7 nitrogen and oxygen atoms in total. The first-order valence-electron chi connectivity index (χ1n) is 12.9. The van der Waals surface area contributed by atoms with Gasteiger partial charge >= 0.3 is 0 Å². The first kappa shape index (κ1) is 28.3. The van der Waals surface area contributed by atoms with Crippen LogP contribution in [-0.2, 0) is 22.4 Å². The molecule has 7 heteroatoms. The number of nitrogens with two attached hydrogens (primary N) is 1. The van der Waals surface area contributed by atoms with Crippen molar-refractivity contribution in [1.82, 2.24) is 16.0 Å². The average molecular weight is 483 g/mol. The van der Waals surface area contributed by atoms with Crippen molar-refractivity contribution in [2.45, 2.75) is 63.8 Å². The van der Waals surface area contributed by atoms with E-state index in [0.29, 0.717) is 13.0 Å². The van der Waals surface area contributed by atoms with E-state index >= 15 is 0 Å². The van der Waals surface area contributed by atoms with E-state index in [1.54, 1.807) is 24.3 Å². The van der Waals surface area contributed by atoms with Crippen molar-refractivity contribution < 1.29 is 14.7 Å². The molecule has 0 heterocycles. The molecule has 1 atom stereocenters. The van der Waals surface area contributed by atoms with Gasteiger partial charge in [-0.15, -0.1) is 0 Å². The molecular weight excluding hydrogens is 440 g/mol. The minimum atomic E-state index is -0.664. The number of nitrogens with one attached hydrogen (secondary N) is 3. The van der Waals surface area contributed by atoms with Crippen molar-refractivity contribution in [2.75, 3.05) is 26.2 Å². The molecule has 0 aliphatic rings. The van der Waals surface area contributed by atoms with Crippen molar-refractivity contribution in [2.24, 2.45) is 5.73 Å². The van der Waals surface area contributed by atoms with Crippen molar-refractivity contribution >= 4 is 11.8 Å². The molecule has 0 unspecified atom stereocenters. The number of phenolic OH excluding ortho intramolecular Hbond substituents is 1. The summed E-state index contributed by atoms with van der Waals surface area (Å²) in [7, 11) is 0. The zero-order valence-corrected chi connectivity index (χ0v) is 20.8. The lowest BCUT2D eigenvalue weighted by atomic mass is 10.0. The maximum atomic E-state index is 12.9. The van der Waals surface area contributed by atoms with Crippen LogP contribution in [0.2, 0.25) is 0 Å². The van der Waals surface area contributed by atoms with Gasteiger partial charge in [-0.1, -0.05) is 68.1 Å². The van der Waals surface area contributed by atoms with Crippen LogP contribution in [0.5, 0.6) is 5.75 Å². The first-order valence-corrected chi connectivity index (χ1v) is 12.9. The zero-order valence-electron chi connectivity index (χ0n) is 20.8. The molecule has 6 N–H and O–H groups in total. The summed E-state index contributed by atoms with van der Waals surface area (Å²) in [6.45, 7) is 3.38. The Morgan fingerprint density at radius 2 is 1.40 bits per heavy atom. The van der Waals surface area contributed by atoms with Crippen LogP contribution in [0, 0.1) is 0 Å². The largest absolute Gasteiger partial charge is 0.508 e. The van der Waals surface area contributed by atoms with Crippen molar-refractivity contribution in [3.63, 3.8) is 0 Å². The highest BCUT2D eigenvalue weighted by atomic mass is 16.3. The van der Waals surface area contributed by atoms with Gasteiger partial charge in [0.15, 0.2) is 0 Å². The Labute approximate surface area is 209 Å². The average Bonchev–Trinajstić information content (AvgIpc) is 2.86. The van der Waals surface area contributed by atoms with Crippen LogP contribution < -0.4 is 21.7 Å². The summed E-state index contributed by atoms with van der Waals surface area (Å²) < 4.78 is 0. The van der Waals surface area contributed by atoms with E-state index in [2.05, 4.69) is 16.0 Å². The number of hydrogen-bond acceptors (Lipinski definition) is 5. The van der Waals surface area contributed by atoms with Crippen LogP contribution in [0.25, 0.3) is 0 Å². The van der Waals surface area contributed by atoms with Gasteiger partial charge < -0.3 is 26.8 Å². The van der Waals surface area contributed by atoms with E-state index in [1.807, 2.05) is 30.3 Å². The molecule has 0 radical (unpaired) electrons. The highest BCUT2D eigenvalue weighted by molar-refractivity contribution is 5.88. The van der Waals surface area contributed by atoms with Gasteiger partial charge in [-0.2, -0.15) is 0 Å². The number of hydrogen-bond donors (Lipinski definition) is 5. The number of amides is 2. The van der Waals surface area contributed by atoms with Gasteiger partial charge in [0.2, 0.25) is 11.8 Å². The normalized spacial score (nSPS) is 11.7. The van der Waals surface area contributed by atoms with Gasteiger partial charge in [-0.3, -0.25) is 9.59 Å². The number of carbonyl (C=O) groups is 2. The maximum Gasteiger partial charge on any atom is 0.242 e. The van der Waals surface area contributed by atoms with E-state index < -0.39 is 6.04 Å². The van der Waals surface area contributed by atoms with Crippen molar-refractivity contribution in [1.29, 1.82) is 0 Å². The van der Waals surface area contributed by atoms with Crippen molar-refractivity contribution in [3.05, 3.63) is 65.7 Å². The molecule has 0 aliphatic carbocycles. The summed E-state index contributed by atoms with van der Waals surface area (Å²) in [5, 5.41) is 18.8. The number of phenols is 1. The fourth-order valence-electron chi connectivity index (χ4n) is 3.87. The first-order chi connectivity index (χ1) is 17.1. The number of aromatic hydroxyl groups is 1. The Balaban J connectivity index is 1.71. The van der Waals surface area contributed by atoms with Gasteiger partial charge in [0.25, 0.3) is 0 Å². The molecule has 2 amide bonds. The second kappa shape index (κ2) is 17.5. The smallest absolute Gasteiger partial charge is 0.242 e. The summed E-state index contributed by atoms with van der Waals surface area (Å²) in [5.41, 5.74) is 7.26. The van der Waals surface area contributed by atoms with Gasteiger partial charge in [0.05, 0.1) is 6.42 Å². The Morgan fingerprint density at radius 3 is 2.09 bits per heavy atom. The number of unbranched alkanes of at least 4 members (excludes halogenated alkanes) is 5. The summed E-state index contributed by atoms with van der Waals surface area (Å²) in [6, 6.07) is 15.5. The molecule has 0 saturated carbocycles. The predicted octanol–water partition coefficient (Wildman–Crippen LogP) is 3.06. The lowest BCUT2D eigenvalue weighted by Gasteiger charge is -2.19. The Hall–Kier alpha value is -2.90. The summed E-state index contributed by atoms with van der Waals surface area (Å²) >= 11 is 0. The van der Waals surface area contributed by atoms with Gasteiger partial charge in [-0.25, -0.2) is 0 Å². The monoisotopic (exact) mass is 482 g/mol. The molecule has 0 spiro atoms. The number of rotatable bonds is 18. The molecule has 192 valence electrons. The van der Waals surface area contributed by atoms with Crippen LogP contribution in [0.15, 0.2) is 54.6 Å². The molecule has 0 fully saturated rings. The molecule has 0 aromatic heterocycles. The van der Waals surface area contributed by atoms with E-state index in [4.69, 9.17) is 5.73 Å². The SMILES string of the molecule is NCCCNCCCCCCCCNC(=O)[C@H](Cc1ccc(O)cc1)NC(=O)Cc1ccccc1. The Morgan fingerprint density at radius 1 is 0.771 bits per heavy atom. The fourth-order valence-corrected chi connectivity index (χ4v) is 3.87. The molecule has 2 aromatic carbocycles. The standard InChI is InChI=1S/C28H42N4O3/c29-17-10-19-30-18-8-3-1-2-4-9-20-31-28(35)26(21-24-13-15-25(33)16-14-24)32-27(34)22-23-11-6-5-7-12-23/h5-7,11-16,26,30,33H,1-4,8-10,17-22,29H2,(H,31,35)(H,32,34)/t26-/m0/s1. The third kappa shape index (κ3) is 12.9. The van der Waals surface area contributed by atoms with Crippen LogP contribution in [0.1, 0.15) is 56.1 Å². The quantitative estimate of drug-likeness (QED) is 0.209. The van der Waals surface area contributed by atoms with Gasteiger partial charge in [0.1, 0.15) is 11.8 Å². The van der Waals surface area contributed by atoms with E-state index in [9.17, 15) is 14.7 Å². The molecular formula is C28H42N4O3. The van der Waals surface area contributed by atoms with Crippen LogP contribution in [-0.4, -0.2) is 49.1 Å².